The fourth-order valence-corrected chi connectivity index (χ4v) is 3.44. The highest BCUT2D eigenvalue weighted by atomic mass is 32.2. The molecule has 0 unspecified atom stereocenters. The van der Waals surface area contributed by atoms with Crippen LogP contribution in [0.25, 0.3) is 5.57 Å². The number of carbonyl (C=O) groups excluding carboxylic acids is 1. The van der Waals surface area contributed by atoms with Crippen molar-refractivity contribution in [2.24, 2.45) is 0 Å². The average Bonchev–Trinajstić information content (AvgIpc) is 2.90. The fraction of sp³-hybridized carbons (Fsp3) is 0.273. The molecule has 0 saturated carbocycles. The Morgan fingerprint density at radius 1 is 1.69 bits per heavy atom. The van der Waals surface area contributed by atoms with Crippen LogP contribution in [0.1, 0.15) is 11.8 Å². The lowest BCUT2D eigenvalue weighted by atomic mass is 10.2. The van der Waals surface area contributed by atoms with Crippen molar-refractivity contribution in [3.63, 3.8) is 0 Å². The minimum atomic E-state index is 0.0896. The quantitative estimate of drug-likeness (QED) is 0.758. The molecule has 1 aromatic heterocycles. The summed E-state index contributed by atoms with van der Waals surface area (Å²) in [7, 11) is 0. The molecule has 1 amide bonds. The number of rotatable bonds is 2. The average molecular weight is 250 g/mol. The van der Waals surface area contributed by atoms with Crippen LogP contribution in [0.15, 0.2) is 22.5 Å². The first kappa shape index (κ1) is 11.2. The molecule has 0 N–H and O–H groups in total. The van der Waals surface area contributed by atoms with Crippen LogP contribution in [-0.2, 0) is 4.79 Å². The maximum atomic E-state index is 11.6. The number of nitriles is 1. The molecule has 1 aromatic rings. The van der Waals surface area contributed by atoms with Crippen LogP contribution in [-0.4, -0.2) is 23.1 Å². The largest absolute Gasteiger partial charge is 0.305 e. The highest BCUT2D eigenvalue weighted by Crippen LogP contribution is 2.36. The number of carbonyl (C=O) groups is 1. The summed E-state index contributed by atoms with van der Waals surface area (Å²) in [6.45, 7) is 2.55. The van der Waals surface area contributed by atoms with Gasteiger partial charge in [0, 0.05) is 11.4 Å². The lowest BCUT2D eigenvalue weighted by Crippen LogP contribution is -2.24. The Bertz CT molecular complexity index is 471. The zero-order valence-electron chi connectivity index (χ0n) is 8.77. The van der Waals surface area contributed by atoms with E-state index >= 15 is 0 Å². The molecule has 1 aliphatic rings. The molecule has 5 heteroatoms. The van der Waals surface area contributed by atoms with Gasteiger partial charge in [0.25, 0.3) is 0 Å². The zero-order valence-corrected chi connectivity index (χ0v) is 10.4. The van der Waals surface area contributed by atoms with E-state index in [1.54, 1.807) is 4.90 Å². The summed E-state index contributed by atoms with van der Waals surface area (Å²) in [5.41, 5.74) is 0.618. The molecule has 0 atom stereocenters. The van der Waals surface area contributed by atoms with Crippen molar-refractivity contribution in [3.8, 4) is 6.07 Å². The first-order valence-corrected chi connectivity index (χ1v) is 6.76. The minimum absolute atomic E-state index is 0.0896. The summed E-state index contributed by atoms with van der Waals surface area (Å²) in [4.78, 5) is 14.2. The molecule has 2 rings (SSSR count). The Kier molecular flexibility index (Phi) is 3.32. The number of nitrogens with zero attached hydrogens (tertiary/aromatic N) is 2. The van der Waals surface area contributed by atoms with E-state index < -0.39 is 0 Å². The Balaban J connectivity index is 2.47. The van der Waals surface area contributed by atoms with E-state index in [-0.39, 0.29) is 5.91 Å². The molecule has 0 radical (unpaired) electrons. The molecule has 0 aromatic carbocycles. The van der Waals surface area contributed by atoms with E-state index in [0.717, 1.165) is 9.91 Å². The third-order valence-electron chi connectivity index (χ3n) is 2.29. The number of allylic oxidation sites excluding steroid dienone is 1. The highest BCUT2D eigenvalue weighted by Gasteiger charge is 2.28. The van der Waals surface area contributed by atoms with Gasteiger partial charge in [-0.3, -0.25) is 4.79 Å². The van der Waals surface area contributed by atoms with Gasteiger partial charge in [0.2, 0.25) is 5.91 Å². The monoisotopic (exact) mass is 250 g/mol. The molecule has 82 valence electrons. The van der Waals surface area contributed by atoms with Gasteiger partial charge in [-0.15, -0.1) is 11.3 Å². The second-order valence-corrected chi connectivity index (χ2v) is 5.11. The Hall–Kier alpha value is -1.25. The van der Waals surface area contributed by atoms with Crippen molar-refractivity contribution >= 4 is 34.6 Å². The summed E-state index contributed by atoms with van der Waals surface area (Å²) in [5, 5.41) is 11.9. The summed E-state index contributed by atoms with van der Waals surface area (Å²) >= 11 is 2.98. The summed E-state index contributed by atoms with van der Waals surface area (Å²) in [5.74, 6) is 0.534. The maximum Gasteiger partial charge on any atom is 0.237 e. The van der Waals surface area contributed by atoms with Gasteiger partial charge in [0.05, 0.1) is 16.4 Å². The molecule has 0 aliphatic carbocycles. The van der Waals surface area contributed by atoms with E-state index in [0.29, 0.717) is 17.9 Å². The van der Waals surface area contributed by atoms with Crippen LogP contribution < -0.4 is 0 Å². The standard InChI is InChI=1S/C11H10N2OS2/c1-2-13-10(14)7-16-11(13)8(6-12)9-4-3-5-15-9/h3-5H,2,7H2,1H3. The van der Waals surface area contributed by atoms with Gasteiger partial charge in [-0.05, 0) is 18.4 Å². The number of thiophene rings is 1. The van der Waals surface area contributed by atoms with Crippen molar-refractivity contribution in [1.82, 2.24) is 4.90 Å². The Morgan fingerprint density at radius 3 is 3.06 bits per heavy atom. The van der Waals surface area contributed by atoms with Gasteiger partial charge < -0.3 is 4.90 Å². The molecule has 2 heterocycles. The molecule has 0 spiro atoms. The smallest absolute Gasteiger partial charge is 0.237 e. The van der Waals surface area contributed by atoms with Crippen LogP contribution in [0.3, 0.4) is 0 Å². The van der Waals surface area contributed by atoms with E-state index in [1.807, 2.05) is 24.4 Å². The molecule has 1 fully saturated rings. The van der Waals surface area contributed by atoms with Crippen LogP contribution in [0.2, 0.25) is 0 Å². The van der Waals surface area contributed by atoms with Crippen LogP contribution >= 0.6 is 23.1 Å². The molecular formula is C11H10N2OS2. The van der Waals surface area contributed by atoms with Gasteiger partial charge >= 0.3 is 0 Å². The minimum Gasteiger partial charge on any atom is -0.305 e. The Labute approximate surface area is 102 Å². The molecule has 16 heavy (non-hydrogen) atoms. The predicted molar refractivity (Wildman–Crippen MR) is 66.7 cm³/mol. The van der Waals surface area contributed by atoms with E-state index in [4.69, 9.17) is 0 Å². The SMILES string of the molecule is CCN1C(=O)CSC1=C(C#N)c1cccs1. The second-order valence-electron chi connectivity index (χ2n) is 3.20. The van der Waals surface area contributed by atoms with Gasteiger partial charge in [0.15, 0.2) is 0 Å². The van der Waals surface area contributed by atoms with Crippen molar-refractivity contribution in [1.29, 1.82) is 5.26 Å². The van der Waals surface area contributed by atoms with Gasteiger partial charge in [-0.2, -0.15) is 5.26 Å². The second kappa shape index (κ2) is 4.73. The van der Waals surface area contributed by atoms with Crippen molar-refractivity contribution in [2.75, 3.05) is 12.3 Å². The van der Waals surface area contributed by atoms with Gasteiger partial charge in [-0.25, -0.2) is 0 Å². The van der Waals surface area contributed by atoms with Gasteiger partial charge in [-0.1, -0.05) is 17.8 Å². The summed E-state index contributed by atoms with van der Waals surface area (Å²) in [6, 6.07) is 6.03. The van der Waals surface area contributed by atoms with E-state index in [1.165, 1.54) is 23.1 Å². The first-order valence-electron chi connectivity index (χ1n) is 4.89. The van der Waals surface area contributed by atoms with E-state index in [2.05, 4.69) is 6.07 Å². The lowest BCUT2D eigenvalue weighted by Gasteiger charge is -2.15. The van der Waals surface area contributed by atoms with Crippen molar-refractivity contribution in [2.45, 2.75) is 6.92 Å². The van der Waals surface area contributed by atoms with E-state index in [9.17, 15) is 10.1 Å². The topological polar surface area (TPSA) is 44.1 Å². The van der Waals surface area contributed by atoms with Crippen molar-refractivity contribution < 1.29 is 4.79 Å². The molecular weight excluding hydrogens is 240 g/mol. The number of amides is 1. The molecule has 0 bridgehead atoms. The fourth-order valence-electron chi connectivity index (χ4n) is 1.56. The third kappa shape index (κ3) is 1.86. The summed E-state index contributed by atoms with van der Waals surface area (Å²) < 4.78 is 0. The van der Waals surface area contributed by atoms with Crippen LogP contribution in [0.5, 0.6) is 0 Å². The number of thioether (sulfide) groups is 1. The van der Waals surface area contributed by atoms with Gasteiger partial charge in [0.1, 0.15) is 6.07 Å². The number of hydrogen-bond donors (Lipinski definition) is 0. The molecule has 3 nitrogen and oxygen atoms in total. The normalized spacial score (nSPS) is 18.8. The number of hydrogen-bond acceptors (Lipinski definition) is 4. The molecule has 1 saturated heterocycles. The highest BCUT2D eigenvalue weighted by molar-refractivity contribution is 8.04. The van der Waals surface area contributed by atoms with Crippen LogP contribution in [0.4, 0.5) is 0 Å². The Morgan fingerprint density at radius 2 is 2.50 bits per heavy atom. The van der Waals surface area contributed by atoms with Crippen molar-refractivity contribution in [3.05, 3.63) is 27.4 Å². The third-order valence-corrected chi connectivity index (χ3v) is 4.26. The maximum absolute atomic E-state index is 11.6. The first-order chi connectivity index (χ1) is 7.77. The lowest BCUT2D eigenvalue weighted by molar-refractivity contribution is -0.125. The summed E-state index contributed by atoms with van der Waals surface area (Å²) in [6.07, 6.45) is 0. The molecule has 1 aliphatic heterocycles. The predicted octanol–water partition coefficient (Wildman–Crippen LogP) is 2.54. The van der Waals surface area contributed by atoms with Crippen LogP contribution in [0, 0.1) is 11.3 Å². The zero-order chi connectivity index (χ0) is 11.5.